The summed E-state index contributed by atoms with van der Waals surface area (Å²) in [7, 11) is 0. The summed E-state index contributed by atoms with van der Waals surface area (Å²) in [6, 6.07) is -0.183. The number of hydrogen-bond donors (Lipinski definition) is 1. The second-order valence-electron chi connectivity index (χ2n) is 5.12. The molecule has 2 rings (SSSR count). The molecule has 0 saturated heterocycles. The van der Waals surface area contributed by atoms with E-state index in [2.05, 4.69) is 24.0 Å². The molecule has 18 heavy (non-hydrogen) atoms. The molecule has 3 atom stereocenters. The fourth-order valence-electron chi connectivity index (χ4n) is 2.00. The van der Waals surface area contributed by atoms with Crippen LogP contribution in [0.2, 0.25) is 0 Å². The summed E-state index contributed by atoms with van der Waals surface area (Å²) in [6.45, 7) is 6.86. The minimum absolute atomic E-state index is 0.0170. The van der Waals surface area contributed by atoms with Gasteiger partial charge in [0.25, 0.3) is 0 Å². The Bertz CT molecular complexity index is 376. The first-order valence-corrected chi connectivity index (χ1v) is 6.88. The van der Waals surface area contributed by atoms with Gasteiger partial charge in [0.15, 0.2) is 0 Å². The van der Waals surface area contributed by atoms with Gasteiger partial charge in [-0.1, -0.05) is 25.4 Å². The van der Waals surface area contributed by atoms with E-state index in [1.54, 1.807) is 0 Å². The van der Waals surface area contributed by atoms with E-state index in [-0.39, 0.29) is 12.1 Å². The molecule has 1 saturated carbocycles. The average molecular weight is 253 g/mol. The van der Waals surface area contributed by atoms with Crippen molar-refractivity contribution in [2.75, 3.05) is 6.61 Å². The highest BCUT2D eigenvalue weighted by Crippen LogP contribution is 2.42. The first-order valence-electron chi connectivity index (χ1n) is 6.88. The van der Waals surface area contributed by atoms with Crippen molar-refractivity contribution in [3.8, 4) is 0 Å². The van der Waals surface area contributed by atoms with E-state index in [4.69, 9.17) is 15.0 Å². The molecule has 1 aromatic rings. The van der Waals surface area contributed by atoms with Crippen LogP contribution in [0.4, 0.5) is 0 Å². The highest BCUT2D eigenvalue weighted by molar-refractivity contribution is 5.00. The Hall–Kier alpha value is -0.940. The third kappa shape index (κ3) is 2.90. The van der Waals surface area contributed by atoms with Gasteiger partial charge in [0.2, 0.25) is 11.7 Å². The van der Waals surface area contributed by atoms with Crippen LogP contribution < -0.4 is 5.73 Å². The molecule has 0 bridgehead atoms. The molecule has 1 aliphatic rings. The summed E-state index contributed by atoms with van der Waals surface area (Å²) in [4.78, 5) is 4.43. The van der Waals surface area contributed by atoms with Crippen LogP contribution >= 0.6 is 0 Å². The molecule has 2 N–H and O–H groups in total. The zero-order valence-corrected chi connectivity index (χ0v) is 11.4. The zero-order valence-electron chi connectivity index (χ0n) is 11.4. The molecule has 1 heterocycles. The van der Waals surface area contributed by atoms with Gasteiger partial charge in [-0.05, 0) is 31.6 Å². The molecule has 3 unspecified atom stereocenters. The Morgan fingerprint density at radius 2 is 2.17 bits per heavy atom. The van der Waals surface area contributed by atoms with E-state index in [1.165, 1.54) is 12.8 Å². The van der Waals surface area contributed by atoms with Gasteiger partial charge >= 0.3 is 0 Å². The van der Waals surface area contributed by atoms with Gasteiger partial charge in [0, 0.05) is 6.61 Å². The maximum Gasteiger partial charge on any atom is 0.243 e. The van der Waals surface area contributed by atoms with Crippen molar-refractivity contribution in [3.05, 3.63) is 11.7 Å². The molecule has 0 amide bonds. The van der Waals surface area contributed by atoms with E-state index in [0.29, 0.717) is 30.2 Å². The lowest BCUT2D eigenvalue weighted by Crippen LogP contribution is -2.19. The van der Waals surface area contributed by atoms with E-state index in [0.717, 1.165) is 6.42 Å². The van der Waals surface area contributed by atoms with Gasteiger partial charge in [-0.25, -0.2) is 0 Å². The van der Waals surface area contributed by atoms with Gasteiger partial charge in [0.1, 0.15) is 6.10 Å². The monoisotopic (exact) mass is 253 g/mol. The van der Waals surface area contributed by atoms with Crippen molar-refractivity contribution in [1.29, 1.82) is 0 Å². The minimum Gasteiger partial charge on any atom is -0.370 e. The number of aromatic nitrogens is 2. The lowest BCUT2D eigenvalue weighted by molar-refractivity contribution is 0.0384. The van der Waals surface area contributed by atoms with Gasteiger partial charge in [-0.15, -0.1) is 0 Å². The molecular weight excluding hydrogens is 230 g/mol. The lowest BCUT2D eigenvalue weighted by atomic mass is 10.0. The van der Waals surface area contributed by atoms with Gasteiger partial charge in [-0.2, -0.15) is 4.98 Å². The third-order valence-corrected chi connectivity index (χ3v) is 3.65. The molecule has 0 aromatic carbocycles. The lowest BCUT2D eigenvalue weighted by Gasteiger charge is -2.13. The molecule has 0 spiro atoms. The third-order valence-electron chi connectivity index (χ3n) is 3.65. The smallest absolute Gasteiger partial charge is 0.243 e. The molecule has 1 fully saturated rings. The van der Waals surface area contributed by atoms with Gasteiger partial charge in [0.05, 0.1) is 6.04 Å². The minimum atomic E-state index is -0.183. The highest BCUT2D eigenvalue weighted by atomic mass is 16.5. The second-order valence-corrected chi connectivity index (χ2v) is 5.12. The summed E-state index contributed by atoms with van der Waals surface area (Å²) >= 11 is 0. The molecule has 1 aromatic heterocycles. The molecular formula is C13H23N3O2. The Balaban J connectivity index is 2.08. The molecule has 0 radical (unpaired) electrons. The van der Waals surface area contributed by atoms with E-state index < -0.39 is 0 Å². The van der Waals surface area contributed by atoms with Crippen molar-refractivity contribution in [3.63, 3.8) is 0 Å². The first-order chi connectivity index (χ1) is 8.67. The summed E-state index contributed by atoms with van der Waals surface area (Å²) in [5.74, 6) is 2.08. The molecule has 1 aliphatic carbocycles. The van der Waals surface area contributed by atoms with E-state index in [1.807, 2.05) is 6.92 Å². The van der Waals surface area contributed by atoms with E-state index >= 15 is 0 Å². The number of nitrogens with zero attached hydrogens (tertiary/aromatic N) is 2. The fraction of sp³-hybridized carbons (Fsp3) is 0.846. The molecule has 0 aliphatic heterocycles. The molecule has 102 valence electrons. The maximum absolute atomic E-state index is 6.09. The summed E-state index contributed by atoms with van der Waals surface area (Å²) < 4.78 is 11.0. The predicted molar refractivity (Wildman–Crippen MR) is 67.8 cm³/mol. The highest BCUT2D eigenvalue weighted by Gasteiger charge is 2.36. The van der Waals surface area contributed by atoms with Crippen LogP contribution in [0.25, 0.3) is 0 Å². The number of nitrogens with two attached hydrogens (primary N) is 1. The van der Waals surface area contributed by atoms with Crippen molar-refractivity contribution in [2.24, 2.45) is 17.6 Å². The van der Waals surface area contributed by atoms with Crippen LogP contribution in [-0.2, 0) is 4.74 Å². The van der Waals surface area contributed by atoms with Crippen molar-refractivity contribution in [2.45, 2.75) is 52.2 Å². The predicted octanol–water partition coefficient (Wildman–Crippen LogP) is 2.60. The van der Waals surface area contributed by atoms with Gasteiger partial charge in [-0.3, -0.25) is 0 Å². The molecule has 5 nitrogen and oxygen atoms in total. The number of hydrogen-bond acceptors (Lipinski definition) is 5. The molecule has 5 heteroatoms. The van der Waals surface area contributed by atoms with Crippen LogP contribution in [0.5, 0.6) is 0 Å². The summed E-state index contributed by atoms with van der Waals surface area (Å²) in [5, 5.41) is 4.04. The van der Waals surface area contributed by atoms with Gasteiger partial charge < -0.3 is 15.0 Å². The van der Waals surface area contributed by atoms with Crippen molar-refractivity contribution < 1.29 is 9.26 Å². The number of rotatable bonds is 7. The zero-order chi connectivity index (χ0) is 13.1. The maximum atomic E-state index is 6.09. The fourth-order valence-corrected chi connectivity index (χ4v) is 2.00. The average Bonchev–Trinajstić information content (AvgIpc) is 3.11. The van der Waals surface area contributed by atoms with Crippen LogP contribution in [0.3, 0.4) is 0 Å². The SMILES string of the molecule is CCOC(c1noc(C(N)C(C)CC)n1)C1CC1. The second kappa shape index (κ2) is 5.80. The Morgan fingerprint density at radius 1 is 1.44 bits per heavy atom. The van der Waals surface area contributed by atoms with E-state index in [9.17, 15) is 0 Å². The first kappa shape index (κ1) is 13.5. The Kier molecular flexibility index (Phi) is 4.35. The Labute approximate surface area is 108 Å². The summed E-state index contributed by atoms with van der Waals surface area (Å²) in [5.41, 5.74) is 6.09. The topological polar surface area (TPSA) is 74.2 Å². The van der Waals surface area contributed by atoms with Crippen molar-refractivity contribution in [1.82, 2.24) is 10.1 Å². The standard InChI is InChI=1S/C13H23N3O2/c1-4-8(3)10(14)13-15-12(16-18-13)11(17-5-2)9-6-7-9/h8-11H,4-7,14H2,1-3H3. The van der Waals surface area contributed by atoms with Crippen LogP contribution in [0, 0.1) is 11.8 Å². The normalized spacial score (nSPS) is 20.7. The quantitative estimate of drug-likeness (QED) is 0.808. The van der Waals surface area contributed by atoms with Crippen LogP contribution in [0.1, 0.15) is 63.9 Å². The summed E-state index contributed by atoms with van der Waals surface area (Å²) in [6.07, 6.45) is 3.35. The number of ether oxygens (including phenoxy) is 1. The largest absolute Gasteiger partial charge is 0.370 e. The van der Waals surface area contributed by atoms with Crippen LogP contribution in [-0.4, -0.2) is 16.7 Å². The Morgan fingerprint density at radius 3 is 2.72 bits per heavy atom. The van der Waals surface area contributed by atoms with Crippen molar-refractivity contribution >= 4 is 0 Å². The van der Waals surface area contributed by atoms with Crippen LogP contribution in [0.15, 0.2) is 4.52 Å².